The third kappa shape index (κ3) is 7.21. The number of amidine groups is 1. The number of carbonyl (C=O) groups is 1. The average molecular weight is 582 g/mol. The van der Waals surface area contributed by atoms with Gasteiger partial charge in [-0.2, -0.15) is 0 Å². The number of hydrogen-bond donors (Lipinski definition) is 2. The third-order valence-corrected chi connectivity index (χ3v) is 8.73. The van der Waals surface area contributed by atoms with E-state index in [0.29, 0.717) is 23.7 Å². The number of nitrogens with one attached hydrogen (secondary N) is 1. The molecule has 40 heavy (non-hydrogen) atoms. The molecule has 210 valence electrons. The van der Waals surface area contributed by atoms with Gasteiger partial charge in [-0.3, -0.25) is 0 Å². The predicted octanol–water partition coefficient (Wildman–Crippen LogP) is 3.82. The van der Waals surface area contributed by atoms with E-state index in [1.54, 1.807) is 55.6 Å². The maximum Gasteiger partial charge on any atom is 0.332 e. The number of ether oxygens (including phenoxy) is 1. The number of anilines is 1. The molecule has 3 aromatic carbocycles. The number of nitrogens with zero attached hydrogens (tertiary/aromatic N) is 3. The zero-order valence-corrected chi connectivity index (χ0v) is 24.0. The number of methoxy groups -OCH3 is 1. The highest BCUT2D eigenvalue weighted by Crippen LogP contribution is 2.35. The Balaban J connectivity index is 1.73. The number of fused-ring (bicyclic) bond motifs is 1. The summed E-state index contributed by atoms with van der Waals surface area (Å²) in [6.07, 6.45) is 0.287. The SMILES string of the molecule is COCCN(C)c1cccc2nc(C(Cc3cccc(C(N)=NOC(C)=O)c3)NS(=O)(=O)c3ccccc3)sc12. The van der Waals surface area contributed by atoms with E-state index in [4.69, 9.17) is 15.5 Å². The Kier molecular flexibility index (Phi) is 9.48. The number of hydrogen-bond acceptors (Lipinski definition) is 9. The largest absolute Gasteiger partial charge is 0.383 e. The van der Waals surface area contributed by atoms with Gasteiger partial charge in [0.15, 0.2) is 5.84 Å². The van der Waals surface area contributed by atoms with E-state index in [9.17, 15) is 13.2 Å². The van der Waals surface area contributed by atoms with E-state index in [1.807, 2.05) is 31.3 Å². The fourth-order valence-corrected chi connectivity index (χ4v) is 6.52. The summed E-state index contributed by atoms with van der Waals surface area (Å²) < 4.78 is 35.8. The average Bonchev–Trinajstić information content (AvgIpc) is 3.39. The van der Waals surface area contributed by atoms with Crippen molar-refractivity contribution in [3.63, 3.8) is 0 Å². The number of rotatable bonds is 12. The van der Waals surface area contributed by atoms with Crippen molar-refractivity contribution in [3.8, 4) is 0 Å². The number of aromatic nitrogens is 1. The molecule has 0 aliphatic heterocycles. The molecule has 0 saturated heterocycles. The smallest absolute Gasteiger partial charge is 0.332 e. The lowest BCUT2D eigenvalue weighted by Gasteiger charge is -2.19. The molecule has 0 radical (unpaired) electrons. The van der Waals surface area contributed by atoms with Crippen LogP contribution in [0.1, 0.15) is 29.1 Å². The predicted molar refractivity (Wildman–Crippen MR) is 157 cm³/mol. The van der Waals surface area contributed by atoms with Crippen LogP contribution >= 0.6 is 11.3 Å². The van der Waals surface area contributed by atoms with Crippen LogP contribution in [0.2, 0.25) is 0 Å². The molecule has 0 amide bonds. The minimum absolute atomic E-state index is 0.0298. The molecule has 1 atom stereocenters. The van der Waals surface area contributed by atoms with Crippen molar-refractivity contribution in [2.45, 2.75) is 24.3 Å². The molecule has 12 heteroatoms. The summed E-state index contributed by atoms with van der Waals surface area (Å²) in [6.45, 7) is 2.49. The van der Waals surface area contributed by atoms with Crippen molar-refractivity contribution in [3.05, 3.63) is 88.9 Å². The minimum atomic E-state index is -3.86. The molecule has 0 fully saturated rings. The van der Waals surface area contributed by atoms with Gasteiger partial charge >= 0.3 is 5.97 Å². The maximum absolute atomic E-state index is 13.4. The molecule has 4 rings (SSSR count). The highest BCUT2D eigenvalue weighted by Gasteiger charge is 2.25. The highest BCUT2D eigenvalue weighted by molar-refractivity contribution is 7.89. The van der Waals surface area contributed by atoms with Crippen LogP contribution in [-0.4, -0.2) is 52.5 Å². The molecule has 3 N–H and O–H groups in total. The van der Waals surface area contributed by atoms with Gasteiger partial charge in [0.05, 0.1) is 33.4 Å². The van der Waals surface area contributed by atoms with Gasteiger partial charge in [-0.05, 0) is 42.3 Å². The second-order valence-corrected chi connectivity index (χ2v) is 11.8. The zero-order valence-electron chi connectivity index (χ0n) is 22.4. The number of oxime groups is 1. The van der Waals surface area contributed by atoms with Gasteiger partial charge in [0.2, 0.25) is 10.0 Å². The Labute approximate surface area is 237 Å². The number of carbonyl (C=O) groups excluding carboxylic acids is 1. The number of thiazole rings is 1. The number of nitrogens with two attached hydrogens (primary N) is 1. The zero-order chi connectivity index (χ0) is 28.7. The monoisotopic (exact) mass is 581 g/mol. The highest BCUT2D eigenvalue weighted by atomic mass is 32.2. The standard InChI is InChI=1S/C28H31N5O5S2/c1-19(34)38-31-27(29)21-10-7-9-20(17-21)18-24(32-40(35,36)22-11-5-4-6-12-22)28-30-23-13-8-14-25(26(23)39-28)33(2)15-16-37-3/h4-14,17,24,32H,15-16,18H2,1-3H3,(H2,29,31). The van der Waals surface area contributed by atoms with Crippen molar-refractivity contribution >= 4 is 49.1 Å². The molecule has 1 aromatic heterocycles. The third-order valence-electron chi connectivity index (χ3n) is 6.04. The van der Waals surface area contributed by atoms with Crippen LogP contribution in [0.25, 0.3) is 10.2 Å². The van der Waals surface area contributed by atoms with Gasteiger partial charge in [0, 0.05) is 33.2 Å². The van der Waals surface area contributed by atoms with Crippen LogP contribution < -0.4 is 15.4 Å². The normalized spacial score (nSPS) is 12.8. The molecule has 1 unspecified atom stereocenters. The first-order chi connectivity index (χ1) is 19.2. The van der Waals surface area contributed by atoms with Gasteiger partial charge in [0.1, 0.15) is 5.01 Å². The van der Waals surface area contributed by atoms with Crippen molar-refractivity contribution in [2.24, 2.45) is 10.9 Å². The lowest BCUT2D eigenvalue weighted by Crippen LogP contribution is -2.30. The number of likely N-dealkylation sites (N-methyl/N-ethyl adjacent to an activating group) is 1. The topological polar surface area (TPSA) is 136 Å². The first kappa shape index (κ1) is 29.2. The summed E-state index contributed by atoms with van der Waals surface area (Å²) >= 11 is 1.44. The summed E-state index contributed by atoms with van der Waals surface area (Å²) in [5.74, 6) is -0.556. The Hall–Kier alpha value is -3.84. The molecule has 1 heterocycles. The Morgan fingerprint density at radius 3 is 2.60 bits per heavy atom. The van der Waals surface area contributed by atoms with Crippen LogP contribution in [0, 0.1) is 0 Å². The van der Waals surface area contributed by atoms with Crippen LogP contribution in [0.3, 0.4) is 0 Å². The van der Waals surface area contributed by atoms with Gasteiger partial charge < -0.3 is 20.2 Å². The lowest BCUT2D eigenvalue weighted by atomic mass is 10.0. The minimum Gasteiger partial charge on any atom is -0.383 e. The summed E-state index contributed by atoms with van der Waals surface area (Å²) in [4.78, 5) is 22.9. The van der Waals surface area contributed by atoms with Crippen molar-refractivity contribution in [2.75, 3.05) is 32.2 Å². The van der Waals surface area contributed by atoms with Crippen molar-refractivity contribution in [1.82, 2.24) is 9.71 Å². The summed E-state index contributed by atoms with van der Waals surface area (Å²) in [6, 6.07) is 20.6. The molecule has 4 aromatic rings. The van der Waals surface area contributed by atoms with E-state index in [-0.39, 0.29) is 17.2 Å². The van der Waals surface area contributed by atoms with E-state index >= 15 is 0 Å². The summed E-state index contributed by atoms with van der Waals surface area (Å²) in [5, 5.41) is 4.28. The van der Waals surface area contributed by atoms with Gasteiger partial charge in [-0.1, -0.05) is 47.6 Å². The molecule has 0 saturated carbocycles. The Bertz CT molecular complexity index is 1610. The van der Waals surface area contributed by atoms with Crippen LogP contribution in [0.5, 0.6) is 0 Å². The van der Waals surface area contributed by atoms with Gasteiger partial charge in [-0.15, -0.1) is 11.3 Å². The molecular weight excluding hydrogens is 550 g/mol. The van der Waals surface area contributed by atoms with Gasteiger partial charge in [0.25, 0.3) is 0 Å². The maximum atomic E-state index is 13.4. The summed E-state index contributed by atoms with van der Waals surface area (Å²) in [5.41, 5.74) is 9.09. The van der Waals surface area contributed by atoms with E-state index in [2.05, 4.69) is 19.6 Å². The van der Waals surface area contributed by atoms with Crippen LogP contribution in [0.4, 0.5) is 5.69 Å². The molecule has 0 bridgehead atoms. The van der Waals surface area contributed by atoms with Crippen molar-refractivity contribution in [1.29, 1.82) is 0 Å². The van der Waals surface area contributed by atoms with Crippen LogP contribution in [0.15, 0.2) is 82.8 Å². The molecule has 10 nitrogen and oxygen atoms in total. The molecule has 0 aliphatic rings. The van der Waals surface area contributed by atoms with Crippen molar-refractivity contribution < 1.29 is 22.8 Å². The van der Waals surface area contributed by atoms with Gasteiger partial charge in [-0.25, -0.2) is 22.9 Å². The first-order valence-corrected chi connectivity index (χ1v) is 14.7. The van der Waals surface area contributed by atoms with E-state index < -0.39 is 22.0 Å². The second-order valence-electron chi connectivity index (χ2n) is 9.04. The first-order valence-electron chi connectivity index (χ1n) is 12.4. The second kappa shape index (κ2) is 13.0. The fraction of sp³-hybridized carbons (Fsp3) is 0.250. The molecular formula is C28H31N5O5S2. The Morgan fingerprint density at radius 1 is 1.12 bits per heavy atom. The summed E-state index contributed by atoms with van der Waals surface area (Å²) in [7, 11) is -0.222. The Morgan fingerprint density at radius 2 is 1.88 bits per heavy atom. The molecule has 0 aliphatic carbocycles. The number of benzene rings is 3. The van der Waals surface area contributed by atoms with E-state index in [1.165, 1.54) is 18.3 Å². The van der Waals surface area contributed by atoms with E-state index in [0.717, 1.165) is 21.5 Å². The fourth-order valence-electron chi connectivity index (χ4n) is 4.04. The molecule has 0 spiro atoms. The quantitative estimate of drug-likeness (QED) is 0.112. The van der Waals surface area contributed by atoms with Crippen LogP contribution in [-0.2, 0) is 30.8 Å². The lowest BCUT2D eigenvalue weighted by molar-refractivity contribution is -0.140. The number of sulfonamides is 1.